The predicted octanol–water partition coefficient (Wildman–Crippen LogP) is 4.43. The smallest absolute Gasteiger partial charge is 0.251 e. The third-order valence-electron chi connectivity index (χ3n) is 4.00. The van der Waals surface area contributed by atoms with E-state index in [2.05, 4.69) is 15.3 Å². The molecule has 0 saturated heterocycles. The Balaban J connectivity index is 1.63. The fraction of sp³-hybridized carbons (Fsp3) is 0.190. The number of benzene rings is 2. The fourth-order valence-electron chi connectivity index (χ4n) is 2.42. The number of carbonyl (C=O) groups excluding carboxylic acids is 1. The van der Waals surface area contributed by atoms with Gasteiger partial charge in [-0.25, -0.2) is 4.98 Å². The molecule has 150 valence electrons. The second-order valence-electron chi connectivity index (χ2n) is 6.36. The van der Waals surface area contributed by atoms with Gasteiger partial charge in [0.1, 0.15) is 12.4 Å². The third-order valence-corrected chi connectivity index (χ3v) is 5.39. The molecule has 1 atom stereocenters. The van der Waals surface area contributed by atoms with E-state index in [0.29, 0.717) is 27.3 Å². The van der Waals surface area contributed by atoms with E-state index in [4.69, 9.17) is 16.3 Å². The van der Waals surface area contributed by atoms with Crippen LogP contribution in [0.25, 0.3) is 0 Å². The van der Waals surface area contributed by atoms with Gasteiger partial charge in [-0.05, 0) is 43.7 Å². The molecule has 2 aromatic carbocycles. The van der Waals surface area contributed by atoms with E-state index in [-0.39, 0.29) is 18.1 Å². The second kappa shape index (κ2) is 9.62. The zero-order valence-corrected chi connectivity index (χ0v) is 17.5. The number of aromatic amines is 1. The fourth-order valence-corrected chi connectivity index (χ4v) is 3.43. The first-order valence-corrected chi connectivity index (χ1v) is 10.2. The quantitative estimate of drug-likeness (QED) is 0.428. The number of rotatable bonds is 7. The van der Waals surface area contributed by atoms with Crippen molar-refractivity contribution in [2.45, 2.75) is 30.9 Å². The molecule has 3 aromatic rings. The standard InChI is InChI=1S/C21H20ClN3O3S/c1-13-8-9-15(10-18(13)22)23-20(27)14(2)29-21-24-16(11-19(26)25-21)12-28-17-6-4-3-5-7-17/h3-11,14H,12H2,1-2H3,(H,23,27)(H,24,25,26). The monoisotopic (exact) mass is 429 g/mol. The molecule has 6 nitrogen and oxygen atoms in total. The number of aryl methyl sites for hydroxylation is 1. The van der Waals surface area contributed by atoms with Crippen molar-refractivity contribution in [1.29, 1.82) is 0 Å². The Labute approximate surface area is 177 Å². The Bertz CT molecular complexity index is 1060. The average molecular weight is 430 g/mol. The molecule has 29 heavy (non-hydrogen) atoms. The van der Waals surface area contributed by atoms with Gasteiger partial charge >= 0.3 is 0 Å². The van der Waals surface area contributed by atoms with E-state index in [9.17, 15) is 9.59 Å². The maximum absolute atomic E-state index is 12.5. The van der Waals surface area contributed by atoms with E-state index in [0.717, 1.165) is 17.3 Å². The van der Waals surface area contributed by atoms with Crippen molar-refractivity contribution < 1.29 is 9.53 Å². The summed E-state index contributed by atoms with van der Waals surface area (Å²) in [5, 5.41) is 3.27. The summed E-state index contributed by atoms with van der Waals surface area (Å²) in [6.45, 7) is 3.79. The van der Waals surface area contributed by atoms with E-state index in [1.807, 2.05) is 43.3 Å². The van der Waals surface area contributed by atoms with Gasteiger partial charge in [-0.3, -0.25) is 9.59 Å². The summed E-state index contributed by atoms with van der Waals surface area (Å²) in [6.07, 6.45) is 0. The van der Waals surface area contributed by atoms with Crippen LogP contribution in [-0.4, -0.2) is 21.1 Å². The summed E-state index contributed by atoms with van der Waals surface area (Å²) in [5.41, 5.74) is 1.73. The first-order chi connectivity index (χ1) is 13.9. The zero-order valence-electron chi connectivity index (χ0n) is 15.9. The van der Waals surface area contributed by atoms with Crippen LogP contribution in [0, 0.1) is 6.92 Å². The molecule has 0 saturated carbocycles. The number of hydrogen-bond donors (Lipinski definition) is 2. The van der Waals surface area contributed by atoms with Crippen LogP contribution in [0.15, 0.2) is 64.5 Å². The number of nitrogens with one attached hydrogen (secondary N) is 2. The summed E-state index contributed by atoms with van der Waals surface area (Å²) in [6, 6.07) is 16.0. The largest absolute Gasteiger partial charge is 0.487 e. The molecule has 1 amide bonds. The van der Waals surface area contributed by atoms with Crippen LogP contribution in [-0.2, 0) is 11.4 Å². The lowest BCUT2D eigenvalue weighted by molar-refractivity contribution is -0.115. The van der Waals surface area contributed by atoms with E-state index >= 15 is 0 Å². The Morgan fingerprint density at radius 3 is 2.72 bits per heavy atom. The molecule has 3 rings (SSSR count). The number of nitrogens with zero attached hydrogens (tertiary/aromatic N) is 1. The predicted molar refractivity (Wildman–Crippen MR) is 116 cm³/mol. The maximum Gasteiger partial charge on any atom is 0.251 e. The Morgan fingerprint density at radius 1 is 1.24 bits per heavy atom. The van der Waals surface area contributed by atoms with E-state index < -0.39 is 5.25 Å². The maximum atomic E-state index is 12.5. The van der Waals surface area contributed by atoms with E-state index in [1.165, 1.54) is 6.07 Å². The van der Waals surface area contributed by atoms with Crippen molar-refractivity contribution in [1.82, 2.24) is 9.97 Å². The topological polar surface area (TPSA) is 84.1 Å². The molecule has 0 aliphatic carbocycles. The number of halogens is 1. The second-order valence-corrected chi connectivity index (χ2v) is 8.09. The molecule has 1 heterocycles. The molecule has 0 aliphatic heterocycles. The van der Waals surface area contributed by atoms with Crippen LogP contribution in [0.3, 0.4) is 0 Å². The van der Waals surface area contributed by atoms with Gasteiger partial charge in [-0.2, -0.15) is 0 Å². The van der Waals surface area contributed by atoms with Crippen molar-refractivity contribution in [3.63, 3.8) is 0 Å². The number of carbonyl (C=O) groups is 1. The Morgan fingerprint density at radius 2 is 2.00 bits per heavy atom. The lowest BCUT2D eigenvalue weighted by Crippen LogP contribution is -2.23. The van der Waals surface area contributed by atoms with Crippen LogP contribution in [0.5, 0.6) is 5.75 Å². The molecule has 8 heteroatoms. The third kappa shape index (κ3) is 6.10. The molecular formula is C21H20ClN3O3S. The molecule has 0 spiro atoms. The first kappa shape index (κ1) is 21.0. The molecule has 1 aromatic heterocycles. The van der Waals surface area contributed by atoms with Crippen LogP contribution in [0.4, 0.5) is 5.69 Å². The number of aromatic nitrogens is 2. The number of para-hydroxylation sites is 1. The van der Waals surface area contributed by atoms with Crippen LogP contribution in [0.1, 0.15) is 18.2 Å². The molecule has 0 bridgehead atoms. The van der Waals surface area contributed by atoms with Gasteiger partial charge in [0.15, 0.2) is 5.16 Å². The van der Waals surface area contributed by atoms with Crippen LogP contribution < -0.4 is 15.6 Å². The Kier molecular flexibility index (Phi) is 6.95. The summed E-state index contributed by atoms with van der Waals surface area (Å²) >= 11 is 7.26. The highest BCUT2D eigenvalue weighted by Gasteiger charge is 2.17. The van der Waals surface area contributed by atoms with Crippen LogP contribution in [0.2, 0.25) is 5.02 Å². The molecule has 0 fully saturated rings. The van der Waals surface area contributed by atoms with Gasteiger partial charge in [-0.1, -0.05) is 47.6 Å². The number of H-pyrrole nitrogens is 1. The van der Waals surface area contributed by atoms with Gasteiger partial charge in [-0.15, -0.1) is 0 Å². The van der Waals surface area contributed by atoms with Crippen molar-refractivity contribution in [3.05, 3.63) is 81.2 Å². The Hall–Kier alpha value is -2.77. The van der Waals surface area contributed by atoms with Crippen molar-refractivity contribution in [3.8, 4) is 5.75 Å². The van der Waals surface area contributed by atoms with Gasteiger partial charge < -0.3 is 15.0 Å². The van der Waals surface area contributed by atoms with Crippen molar-refractivity contribution in [2.24, 2.45) is 0 Å². The van der Waals surface area contributed by atoms with Gasteiger partial charge in [0.25, 0.3) is 5.56 Å². The summed E-state index contributed by atoms with van der Waals surface area (Å²) in [5.74, 6) is 0.469. The normalized spacial score (nSPS) is 11.7. The van der Waals surface area contributed by atoms with E-state index in [1.54, 1.807) is 19.1 Å². The molecule has 2 N–H and O–H groups in total. The minimum atomic E-state index is -0.483. The minimum absolute atomic E-state index is 0.157. The average Bonchev–Trinajstić information content (AvgIpc) is 2.69. The number of thioether (sulfide) groups is 1. The SMILES string of the molecule is Cc1ccc(NC(=O)C(C)Sc2nc(COc3ccccc3)cc(=O)[nH]2)cc1Cl. The molecule has 0 radical (unpaired) electrons. The lowest BCUT2D eigenvalue weighted by Gasteiger charge is -2.13. The molecular weight excluding hydrogens is 410 g/mol. The highest BCUT2D eigenvalue weighted by atomic mass is 35.5. The molecule has 1 unspecified atom stereocenters. The van der Waals surface area contributed by atoms with Gasteiger partial charge in [0, 0.05) is 16.8 Å². The summed E-state index contributed by atoms with van der Waals surface area (Å²) in [4.78, 5) is 31.5. The van der Waals surface area contributed by atoms with Gasteiger partial charge in [0.05, 0.1) is 10.9 Å². The summed E-state index contributed by atoms with van der Waals surface area (Å²) in [7, 11) is 0. The zero-order chi connectivity index (χ0) is 20.8. The highest BCUT2D eigenvalue weighted by molar-refractivity contribution is 8.00. The lowest BCUT2D eigenvalue weighted by atomic mass is 10.2. The van der Waals surface area contributed by atoms with Crippen molar-refractivity contribution in [2.75, 3.05) is 5.32 Å². The molecule has 0 aliphatic rings. The summed E-state index contributed by atoms with van der Waals surface area (Å²) < 4.78 is 5.64. The van der Waals surface area contributed by atoms with Gasteiger partial charge in [0.2, 0.25) is 5.91 Å². The first-order valence-electron chi connectivity index (χ1n) is 8.92. The number of hydrogen-bond acceptors (Lipinski definition) is 5. The number of ether oxygens (including phenoxy) is 1. The van der Waals surface area contributed by atoms with Crippen LogP contribution >= 0.6 is 23.4 Å². The minimum Gasteiger partial charge on any atom is -0.487 e. The highest BCUT2D eigenvalue weighted by Crippen LogP contribution is 2.23. The van der Waals surface area contributed by atoms with Crippen molar-refractivity contribution >= 4 is 35.0 Å². The number of anilines is 1. The number of amides is 1.